The summed E-state index contributed by atoms with van der Waals surface area (Å²) >= 11 is 0. The molecule has 0 radical (unpaired) electrons. The molecule has 0 aliphatic heterocycles. The Morgan fingerprint density at radius 3 is 2.58 bits per heavy atom. The topological polar surface area (TPSA) is 106 Å². The second kappa shape index (κ2) is 5.74. The Morgan fingerprint density at radius 2 is 2.11 bits per heavy atom. The fourth-order valence-electron chi connectivity index (χ4n) is 1.25. The number of nitro benzene ring substituents is 1. The summed E-state index contributed by atoms with van der Waals surface area (Å²) < 4.78 is 34.9. The molecular formula is C10H11FN2O5S. The first kappa shape index (κ1) is 15.0. The third-order valence-electron chi connectivity index (χ3n) is 2.16. The van der Waals surface area contributed by atoms with Gasteiger partial charge in [-0.1, -0.05) is 0 Å². The van der Waals surface area contributed by atoms with E-state index in [1.807, 2.05) is 0 Å². The second-order valence-electron chi connectivity index (χ2n) is 3.81. The number of amides is 1. The molecule has 0 spiro atoms. The number of nitrogens with zero attached hydrogens (tertiary/aromatic N) is 1. The van der Waals surface area contributed by atoms with E-state index in [9.17, 15) is 27.7 Å². The van der Waals surface area contributed by atoms with Crippen LogP contribution in [0.2, 0.25) is 0 Å². The molecule has 0 aliphatic carbocycles. The first-order valence-corrected chi connectivity index (χ1v) is 7.16. The third kappa shape index (κ3) is 4.62. The first-order chi connectivity index (χ1) is 8.70. The van der Waals surface area contributed by atoms with Gasteiger partial charge in [-0.25, -0.2) is 8.42 Å². The number of nitrogens with one attached hydrogen (secondary N) is 1. The van der Waals surface area contributed by atoms with Gasteiger partial charge in [0, 0.05) is 24.4 Å². The Hall–Kier alpha value is -2.03. The smallest absolute Gasteiger partial charge is 0.304 e. The Balaban J connectivity index is 2.73. The highest BCUT2D eigenvalue weighted by Crippen LogP contribution is 2.17. The van der Waals surface area contributed by atoms with Crippen LogP contribution >= 0.6 is 0 Å². The maximum absolute atomic E-state index is 13.3. The summed E-state index contributed by atoms with van der Waals surface area (Å²) in [6.07, 6.45) is 1.02. The summed E-state index contributed by atoms with van der Waals surface area (Å²) in [5.74, 6) is -2.06. The molecule has 0 bridgehead atoms. The lowest BCUT2D eigenvalue weighted by molar-refractivity contribution is -0.387. The molecule has 0 unspecified atom stereocenters. The van der Waals surface area contributed by atoms with E-state index in [2.05, 4.69) is 5.32 Å². The molecule has 9 heteroatoms. The molecular weight excluding hydrogens is 279 g/mol. The molecule has 1 aromatic carbocycles. The standard InChI is InChI=1S/C10H11FN2O5S/c1-19(17,18)5-4-12-10(14)7-2-3-9(13(15)16)8(11)6-7/h2-3,6H,4-5H2,1H3,(H,12,14). The van der Waals surface area contributed by atoms with Crippen LogP contribution in [0.25, 0.3) is 0 Å². The lowest BCUT2D eigenvalue weighted by Crippen LogP contribution is -2.28. The van der Waals surface area contributed by atoms with Crippen molar-refractivity contribution in [2.24, 2.45) is 0 Å². The monoisotopic (exact) mass is 290 g/mol. The van der Waals surface area contributed by atoms with Crippen molar-refractivity contribution in [2.45, 2.75) is 0 Å². The summed E-state index contributed by atoms with van der Waals surface area (Å²) in [6.45, 7) is -0.115. The van der Waals surface area contributed by atoms with Crippen molar-refractivity contribution in [1.29, 1.82) is 0 Å². The minimum atomic E-state index is -3.21. The van der Waals surface area contributed by atoms with Crippen molar-refractivity contribution in [1.82, 2.24) is 5.32 Å². The van der Waals surface area contributed by atoms with Crippen molar-refractivity contribution >= 4 is 21.4 Å². The van der Waals surface area contributed by atoms with E-state index in [-0.39, 0.29) is 17.9 Å². The van der Waals surface area contributed by atoms with Gasteiger partial charge in [0.05, 0.1) is 10.7 Å². The van der Waals surface area contributed by atoms with E-state index < -0.39 is 32.2 Å². The van der Waals surface area contributed by atoms with E-state index in [1.54, 1.807) is 0 Å². The van der Waals surface area contributed by atoms with Crippen LogP contribution in [0.5, 0.6) is 0 Å². The van der Waals surface area contributed by atoms with Crippen molar-refractivity contribution in [3.63, 3.8) is 0 Å². The van der Waals surface area contributed by atoms with Crippen LogP contribution in [0.1, 0.15) is 10.4 Å². The van der Waals surface area contributed by atoms with Gasteiger partial charge in [0.15, 0.2) is 0 Å². The van der Waals surface area contributed by atoms with Crippen molar-refractivity contribution < 1.29 is 22.5 Å². The van der Waals surface area contributed by atoms with E-state index >= 15 is 0 Å². The number of carbonyl (C=O) groups is 1. The fraction of sp³-hybridized carbons (Fsp3) is 0.300. The fourth-order valence-corrected chi connectivity index (χ4v) is 1.72. The van der Waals surface area contributed by atoms with Gasteiger partial charge in [0.1, 0.15) is 9.84 Å². The summed E-state index contributed by atoms with van der Waals surface area (Å²) in [5.41, 5.74) is -0.843. The van der Waals surface area contributed by atoms with Gasteiger partial charge in [-0.05, 0) is 12.1 Å². The molecule has 0 aliphatic rings. The lowest BCUT2D eigenvalue weighted by atomic mass is 10.2. The highest BCUT2D eigenvalue weighted by molar-refractivity contribution is 7.90. The SMILES string of the molecule is CS(=O)(=O)CCNC(=O)c1ccc([N+](=O)[O-])c(F)c1. The van der Waals surface area contributed by atoms with Crippen molar-refractivity contribution in [3.05, 3.63) is 39.7 Å². The molecule has 19 heavy (non-hydrogen) atoms. The normalized spacial score (nSPS) is 11.1. The van der Waals surface area contributed by atoms with Gasteiger partial charge < -0.3 is 5.32 Å². The van der Waals surface area contributed by atoms with Crippen LogP contribution in [0, 0.1) is 15.9 Å². The number of halogens is 1. The van der Waals surface area contributed by atoms with Crippen LogP contribution in [0.3, 0.4) is 0 Å². The summed E-state index contributed by atoms with van der Waals surface area (Å²) in [7, 11) is -3.21. The second-order valence-corrected chi connectivity index (χ2v) is 6.07. The highest BCUT2D eigenvalue weighted by atomic mass is 32.2. The Morgan fingerprint density at radius 1 is 1.47 bits per heavy atom. The van der Waals surface area contributed by atoms with Crippen molar-refractivity contribution in [3.8, 4) is 0 Å². The predicted octanol–water partition coefficient (Wildman–Crippen LogP) is 0.508. The quantitative estimate of drug-likeness (QED) is 0.628. The zero-order chi connectivity index (χ0) is 14.6. The molecule has 0 saturated heterocycles. The third-order valence-corrected chi connectivity index (χ3v) is 3.11. The number of rotatable bonds is 5. The summed E-state index contributed by atoms with van der Waals surface area (Å²) in [4.78, 5) is 21.0. The molecule has 0 saturated carbocycles. The molecule has 1 rings (SSSR count). The first-order valence-electron chi connectivity index (χ1n) is 5.10. The molecule has 1 aromatic rings. The number of hydrogen-bond donors (Lipinski definition) is 1. The number of sulfone groups is 1. The molecule has 0 fully saturated rings. The minimum absolute atomic E-state index is 0.114. The molecule has 1 amide bonds. The van der Waals surface area contributed by atoms with E-state index in [4.69, 9.17) is 0 Å². The number of nitro groups is 1. The average Bonchev–Trinajstić information content (AvgIpc) is 2.26. The largest absolute Gasteiger partial charge is 0.351 e. The predicted molar refractivity (Wildman–Crippen MR) is 65.1 cm³/mol. The van der Waals surface area contributed by atoms with Gasteiger partial charge in [0.2, 0.25) is 5.82 Å². The van der Waals surface area contributed by atoms with E-state index in [0.29, 0.717) is 0 Å². The van der Waals surface area contributed by atoms with Gasteiger partial charge in [0.25, 0.3) is 5.91 Å². The number of benzene rings is 1. The average molecular weight is 290 g/mol. The maximum atomic E-state index is 13.3. The van der Waals surface area contributed by atoms with Crippen LogP contribution in [0.15, 0.2) is 18.2 Å². The highest BCUT2D eigenvalue weighted by Gasteiger charge is 2.16. The van der Waals surface area contributed by atoms with Gasteiger partial charge in [-0.2, -0.15) is 4.39 Å². The summed E-state index contributed by atoms with van der Waals surface area (Å²) in [6, 6.07) is 2.70. The van der Waals surface area contributed by atoms with Gasteiger partial charge in [-0.3, -0.25) is 14.9 Å². The van der Waals surface area contributed by atoms with Crippen LogP contribution in [-0.4, -0.2) is 37.8 Å². The minimum Gasteiger partial charge on any atom is -0.351 e. The molecule has 104 valence electrons. The van der Waals surface area contributed by atoms with Crippen molar-refractivity contribution in [2.75, 3.05) is 18.6 Å². The molecule has 0 atom stereocenters. The number of carbonyl (C=O) groups excluding carboxylic acids is 1. The van der Waals surface area contributed by atoms with Crippen LogP contribution < -0.4 is 5.32 Å². The summed E-state index contributed by atoms with van der Waals surface area (Å²) in [5, 5.41) is 12.7. The van der Waals surface area contributed by atoms with E-state index in [1.165, 1.54) is 0 Å². The zero-order valence-corrected chi connectivity index (χ0v) is 10.7. The van der Waals surface area contributed by atoms with Gasteiger partial charge >= 0.3 is 5.69 Å². The van der Waals surface area contributed by atoms with Crippen LogP contribution in [-0.2, 0) is 9.84 Å². The Kier molecular flexibility index (Phi) is 4.54. The van der Waals surface area contributed by atoms with Crippen LogP contribution in [0.4, 0.5) is 10.1 Å². The van der Waals surface area contributed by atoms with E-state index in [0.717, 1.165) is 24.5 Å². The zero-order valence-electron chi connectivity index (χ0n) is 9.92. The van der Waals surface area contributed by atoms with Gasteiger partial charge in [-0.15, -0.1) is 0 Å². The molecule has 0 heterocycles. The lowest BCUT2D eigenvalue weighted by Gasteiger charge is -2.04. The molecule has 0 aromatic heterocycles. The molecule has 1 N–H and O–H groups in total. The molecule has 7 nitrogen and oxygen atoms in total. The maximum Gasteiger partial charge on any atom is 0.304 e. The number of hydrogen-bond acceptors (Lipinski definition) is 5. The Bertz CT molecular complexity index is 614. The Labute approximate surface area is 108 Å².